The van der Waals surface area contributed by atoms with Gasteiger partial charge in [0.1, 0.15) is 10.1 Å². The van der Waals surface area contributed by atoms with E-state index in [-0.39, 0.29) is 30.7 Å². The molecule has 3 heterocycles. The zero-order valence-electron chi connectivity index (χ0n) is 15.6. The third-order valence-corrected chi connectivity index (χ3v) is 6.59. The molecule has 28 heavy (non-hydrogen) atoms. The summed E-state index contributed by atoms with van der Waals surface area (Å²) in [6.07, 6.45) is 2.41. The Bertz CT molecular complexity index is 747. The van der Waals surface area contributed by atoms with Crippen molar-refractivity contribution in [2.24, 2.45) is 0 Å². The number of nitrogens with zero attached hydrogens (tertiary/aromatic N) is 2. The Kier molecular flexibility index (Phi) is 5.50. The lowest BCUT2D eigenvalue weighted by molar-refractivity contribution is -0.139. The molecular formula is C16H23ClN6O4S. The minimum absolute atomic E-state index is 0.0217. The second kappa shape index (κ2) is 7.90. The minimum atomic E-state index is -0.458. The van der Waals surface area contributed by atoms with Crippen molar-refractivity contribution in [1.82, 2.24) is 31.9 Å². The van der Waals surface area contributed by atoms with Gasteiger partial charge < -0.3 is 9.47 Å². The number of alkyl halides is 1. The van der Waals surface area contributed by atoms with Gasteiger partial charge in [0, 0.05) is 5.38 Å². The SMILES string of the molecule is CCOC(=O)C1=C2SC3=C(C(=O)OCC)NNN3C3CC(Cl)CCC3N2NN1. The summed E-state index contributed by atoms with van der Waals surface area (Å²) in [5.41, 5.74) is 12.7. The predicted molar refractivity (Wildman–Crippen MR) is 102 cm³/mol. The minimum Gasteiger partial charge on any atom is -0.461 e. The van der Waals surface area contributed by atoms with Crippen LogP contribution >= 0.6 is 23.4 Å². The predicted octanol–water partition coefficient (Wildman–Crippen LogP) is 0.376. The van der Waals surface area contributed by atoms with Crippen LogP contribution in [-0.4, -0.2) is 52.6 Å². The molecule has 1 saturated carbocycles. The van der Waals surface area contributed by atoms with E-state index in [1.165, 1.54) is 11.8 Å². The Balaban J connectivity index is 1.77. The molecular weight excluding hydrogens is 408 g/mol. The third kappa shape index (κ3) is 3.25. The summed E-state index contributed by atoms with van der Waals surface area (Å²) in [5.74, 6) is -0.909. The van der Waals surface area contributed by atoms with Crippen molar-refractivity contribution < 1.29 is 19.1 Å². The zero-order valence-corrected chi connectivity index (χ0v) is 17.2. The molecule has 1 aliphatic carbocycles. The highest BCUT2D eigenvalue weighted by atomic mass is 35.5. The molecule has 3 unspecified atom stereocenters. The third-order valence-electron chi connectivity index (χ3n) is 5.00. The van der Waals surface area contributed by atoms with Crippen LogP contribution in [0.25, 0.3) is 0 Å². The van der Waals surface area contributed by atoms with E-state index in [0.29, 0.717) is 21.5 Å². The van der Waals surface area contributed by atoms with Crippen molar-refractivity contribution in [3.8, 4) is 0 Å². The van der Waals surface area contributed by atoms with Gasteiger partial charge in [-0.2, -0.15) is 0 Å². The van der Waals surface area contributed by atoms with Crippen molar-refractivity contribution in [1.29, 1.82) is 0 Å². The van der Waals surface area contributed by atoms with E-state index in [4.69, 9.17) is 21.1 Å². The van der Waals surface area contributed by atoms with Crippen molar-refractivity contribution in [3.05, 3.63) is 21.5 Å². The van der Waals surface area contributed by atoms with Crippen LogP contribution < -0.4 is 21.9 Å². The van der Waals surface area contributed by atoms with Crippen LogP contribution in [0.4, 0.5) is 0 Å². The van der Waals surface area contributed by atoms with Crippen LogP contribution in [0, 0.1) is 0 Å². The molecule has 4 rings (SSSR count). The highest BCUT2D eigenvalue weighted by molar-refractivity contribution is 8.06. The first-order chi connectivity index (χ1) is 13.5. The monoisotopic (exact) mass is 430 g/mol. The van der Waals surface area contributed by atoms with Crippen LogP contribution in [0.5, 0.6) is 0 Å². The van der Waals surface area contributed by atoms with Crippen molar-refractivity contribution in [2.75, 3.05) is 13.2 Å². The quantitative estimate of drug-likeness (QED) is 0.367. The fourth-order valence-electron chi connectivity index (χ4n) is 3.78. The first-order valence-corrected chi connectivity index (χ1v) is 10.6. The van der Waals surface area contributed by atoms with Crippen molar-refractivity contribution in [3.63, 3.8) is 0 Å². The van der Waals surface area contributed by atoms with Gasteiger partial charge in [-0.15, -0.1) is 22.7 Å². The van der Waals surface area contributed by atoms with Gasteiger partial charge in [-0.3, -0.25) is 20.9 Å². The van der Waals surface area contributed by atoms with Crippen molar-refractivity contribution >= 4 is 35.3 Å². The van der Waals surface area contributed by atoms with Gasteiger partial charge >= 0.3 is 11.9 Å². The highest BCUT2D eigenvalue weighted by Gasteiger charge is 2.49. The van der Waals surface area contributed by atoms with Gasteiger partial charge in [0.25, 0.3) is 0 Å². The summed E-state index contributed by atoms with van der Waals surface area (Å²) in [6.45, 7) is 4.06. The Hall–Kier alpha value is -1.82. The average molecular weight is 431 g/mol. The lowest BCUT2D eigenvalue weighted by atomic mass is 9.89. The maximum atomic E-state index is 12.4. The van der Waals surface area contributed by atoms with E-state index >= 15 is 0 Å². The number of hydrogen-bond donors (Lipinski definition) is 4. The number of nitrogens with one attached hydrogen (secondary N) is 4. The van der Waals surface area contributed by atoms with Crippen LogP contribution in [0.2, 0.25) is 0 Å². The van der Waals surface area contributed by atoms with Crippen LogP contribution in [0.3, 0.4) is 0 Å². The van der Waals surface area contributed by atoms with E-state index in [1.807, 2.05) is 10.0 Å². The first-order valence-electron chi connectivity index (χ1n) is 9.31. The van der Waals surface area contributed by atoms with Crippen LogP contribution in [0.1, 0.15) is 33.1 Å². The average Bonchev–Trinajstić information content (AvgIpc) is 3.24. The van der Waals surface area contributed by atoms with Gasteiger partial charge in [-0.1, -0.05) is 0 Å². The fraction of sp³-hybridized carbons (Fsp3) is 0.625. The summed E-state index contributed by atoms with van der Waals surface area (Å²) in [6, 6.07) is 0.0109. The Labute approximate surface area is 171 Å². The molecule has 4 aliphatic rings. The maximum absolute atomic E-state index is 12.4. The van der Waals surface area contributed by atoms with Gasteiger partial charge in [0.2, 0.25) is 0 Å². The normalized spacial score (nSPS) is 28.8. The Morgan fingerprint density at radius 3 is 2.07 bits per heavy atom. The van der Waals surface area contributed by atoms with E-state index in [0.717, 1.165) is 19.3 Å². The molecule has 12 heteroatoms. The topological polar surface area (TPSA) is 107 Å². The smallest absolute Gasteiger partial charge is 0.358 e. The molecule has 0 aromatic rings. The molecule has 4 N–H and O–H groups in total. The molecule has 0 bridgehead atoms. The Morgan fingerprint density at radius 2 is 1.54 bits per heavy atom. The molecule has 0 spiro atoms. The molecule has 10 nitrogen and oxygen atoms in total. The fourth-order valence-corrected chi connectivity index (χ4v) is 5.31. The van der Waals surface area contributed by atoms with Crippen molar-refractivity contribution in [2.45, 2.75) is 50.6 Å². The molecule has 3 atom stereocenters. The number of rotatable bonds is 4. The summed E-state index contributed by atoms with van der Waals surface area (Å²) in [4.78, 5) is 24.9. The number of thioether (sulfide) groups is 1. The maximum Gasteiger partial charge on any atom is 0.358 e. The molecule has 1 saturated heterocycles. The van der Waals surface area contributed by atoms with Gasteiger partial charge in [0.15, 0.2) is 11.4 Å². The molecule has 154 valence electrons. The van der Waals surface area contributed by atoms with E-state index in [2.05, 4.69) is 21.9 Å². The highest BCUT2D eigenvalue weighted by Crippen LogP contribution is 2.46. The molecule has 0 radical (unpaired) electrons. The summed E-state index contributed by atoms with van der Waals surface area (Å²) in [7, 11) is 0. The summed E-state index contributed by atoms with van der Waals surface area (Å²) >= 11 is 7.76. The number of fused-ring (bicyclic) bond motifs is 5. The number of hydrogen-bond acceptors (Lipinski definition) is 11. The number of halogens is 1. The molecule has 0 aromatic heterocycles. The first kappa shape index (κ1) is 19.5. The van der Waals surface area contributed by atoms with Gasteiger partial charge in [-0.05, 0) is 44.9 Å². The van der Waals surface area contributed by atoms with E-state index in [1.54, 1.807) is 13.8 Å². The van der Waals surface area contributed by atoms with Crippen LogP contribution in [0.15, 0.2) is 21.5 Å². The van der Waals surface area contributed by atoms with E-state index in [9.17, 15) is 9.59 Å². The molecule has 0 aromatic carbocycles. The van der Waals surface area contributed by atoms with Gasteiger partial charge in [0.05, 0.1) is 25.3 Å². The summed E-state index contributed by atoms with van der Waals surface area (Å²) in [5, 5.41) is 5.20. The molecule has 2 fully saturated rings. The second-order valence-corrected chi connectivity index (χ2v) is 8.26. The van der Waals surface area contributed by atoms with E-state index < -0.39 is 11.9 Å². The lowest BCUT2D eigenvalue weighted by Crippen LogP contribution is -2.58. The number of carbonyl (C=O) groups excluding carboxylic acids is 2. The largest absolute Gasteiger partial charge is 0.461 e. The Morgan fingerprint density at radius 1 is 1.00 bits per heavy atom. The number of esters is 2. The number of hydrazine groups is 4. The molecule has 0 amide bonds. The summed E-state index contributed by atoms with van der Waals surface area (Å²) < 4.78 is 10.4. The van der Waals surface area contributed by atoms with Crippen LogP contribution in [-0.2, 0) is 19.1 Å². The molecule has 3 aliphatic heterocycles. The standard InChI is InChI=1S/C16H23ClN6O4S/c1-3-26-15(24)11-13-22(20-18-11)9-6-5-8(17)7-10(9)23-14(28-13)12(19-21-23)16(25)27-4-2/h8-10,18-21H,3-7H2,1-2H3. The lowest BCUT2D eigenvalue weighted by Gasteiger charge is -2.41. The van der Waals surface area contributed by atoms with Gasteiger partial charge in [-0.25, -0.2) is 9.59 Å². The zero-order chi connectivity index (χ0) is 19.8. The number of ether oxygens (including phenoxy) is 2. The second-order valence-electron chi connectivity index (χ2n) is 6.66. The number of carbonyl (C=O) groups is 2.